The maximum atomic E-state index is 13.5. The molecule has 1 aliphatic rings. The Morgan fingerprint density at radius 2 is 1.78 bits per heavy atom. The summed E-state index contributed by atoms with van der Waals surface area (Å²) in [7, 11) is -3.74. The normalized spacial score (nSPS) is 15.7. The molecule has 7 nitrogen and oxygen atoms in total. The second kappa shape index (κ2) is 11.9. The number of allylic oxidation sites excluding steroid dienone is 1. The zero-order valence-corrected chi connectivity index (χ0v) is 22.2. The van der Waals surface area contributed by atoms with Gasteiger partial charge in [-0.25, -0.2) is 8.42 Å². The van der Waals surface area contributed by atoms with Crippen LogP contribution in [0.15, 0.2) is 77.1 Å². The fourth-order valence-corrected chi connectivity index (χ4v) is 6.37. The van der Waals surface area contributed by atoms with Crippen molar-refractivity contribution >= 4 is 26.8 Å². The minimum Gasteiger partial charge on any atom is -0.349 e. The molecule has 1 N–H and O–H groups in total. The molecule has 1 aliphatic heterocycles. The minimum atomic E-state index is -3.74. The summed E-state index contributed by atoms with van der Waals surface area (Å²) in [5.74, 6) is -0.467. The van der Waals surface area contributed by atoms with Crippen LogP contribution < -0.4 is 10.7 Å². The van der Waals surface area contributed by atoms with Crippen molar-refractivity contribution in [1.82, 2.24) is 14.2 Å². The van der Waals surface area contributed by atoms with Crippen molar-refractivity contribution in [3.8, 4) is 0 Å². The SMILES string of the molecule is C=CCn1cc(C(=O)N[C@H](C)CCc2ccccc2)c(=O)c2cc(S(=O)(=O)N3CCCCCC3)ccc21. The van der Waals surface area contributed by atoms with Crippen molar-refractivity contribution in [1.29, 1.82) is 0 Å². The number of rotatable bonds is 9. The van der Waals surface area contributed by atoms with Crippen LogP contribution in [0.1, 0.15) is 54.9 Å². The number of nitrogens with zero attached hydrogens (tertiary/aromatic N) is 2. The number of amides is 1. The summed E-state index contributed by atoms with van der Waals surface area (Å²) in [6, 6.07) is 14.5. The molecule has 0 saturated carbocycles. The lowest BCUT2D eigenvalue weighted by atomic mass is 10.1. The molecule has 37 heavy (non-hydrogen) atoms. The predicted octanol–water partition coefficient (Wildman–Crippen LogP) is 4.50. The highest BCUT2D eigenvalue weighted by atomic mass is 32.2. The quantitative estimate of drug-likeness (QED) is 0.420. The van der Waals surface area contributed by atoms with Gasteiger partial charge in [0, 0.05) is 37.3 Å². The molecule has 1 fully saturated rings. The van der Waals surface area contributed by atoms with Gasteiger partial charge in [0.15, 0.2) is 0 Å². The summed E-state index contributed by atoms with van der Waals surface area (Å²) >= 11 is 0. The number of fused-ring (bicyclic) bond motifs is 1. The highest BCUT2D eigenvalue weighted by Crippen LogP contribution is 2.23. The third kappa shape index (κ3) is 6.19. The van der Waals surface area contributed by atoms with Crippen LogP contribution in [0.2, 0.25) is 0 Å². The molecule has 3 aromatic rings. The first-order chi connectivity index (χ1) is 17.8. The first kappa shape index (κ1) is 26.8. The molecule has 1 aromatic heterocycles. The van der Waals surface area contributed by atoms with Gasteiger partial charge in [0.2, 0.25) is 15.5 Å². The molecule has 2 heterocycles. The van der Waals surface area contributed by atoms with Gasteiger partial charge in [0.25, 0.3) is 5.91 Å². The van der Waals surface area contributed by atoms with Gasteiger partial charge >= 0.3 is 0 Å². The van der Waals surface area contributed by atoms with E-state index in [1.807, 2.05) is 37.3 Å². The van der Waals surface area contributed by atoms with E-state index in [0.29, 0.717) is 25.2 Å². The molecule has 8 heteroatoms. The van der Waals surface area contributed by atoms with E-state index in [9.17, 15) is 18.0 Å². The van der Waals surface area contributed by atoms with Crippen LogP contribution in [0.25, 0.3) is 10.9 Å². The number of hydrogen-bond donors (Lipinski definition) is 1. The summed E-state index contributed by atoms with van der Waals surface area (Å²) in [4.78, 5) is 26.7. The Bertz CT molecular complexity index is 1420. The average Bonchev–Trinajstić information content (AvgIpc) is 3.20. The number of benzene rings is 2. The Hall–Kier alpha value is -3.23. The van der Waals surface area contributed by atoms with Gasteiger partial charge in [-0.1, -0.05) is 49.2 Å². The lowest BCUT2D eigenvalue weighted by Crippen LogP contribution is -2.36. The number of carbonyl (C=O) groups is 1. The Labute approximate surface area is 218 Å². The molecular formula is C29H35N3O4S. The zero-order valence-electron chi connectivity index (χ0n) is 21.4. The van der Waals surface area contributed by atoms with E-state index < -0.39 is 21.4 Å². The van der Waals surface area contributed by atoms with Crippen LogP contribution in [0.3, 0.4) is 0 Å². The lowest BCUT2D eigenvalue weighted by Gasteiger charge is -2.20. The second-order valence-electron chi connectivity index (χ2n) is 9.71. The third-order valence-electron chi connectivity index (χ3n) is 6.91. The van der Waals surface area contributed by atoms with Gasteiger partial charge in [-0.05, 0) is 56.4 Å². The van der Waals surface area contributed by atoms with Gasteiger partial charge in [0.05, 0.1) is 10.4 Å². The Morgan fingerprint density at radius 3 is 2.46 bits per heavy atom. The predicted molar refractivity (Wildman–Crippen MR) is 147 cm³/mol. The molecule has 0 radical (unpaired) electrons. The van der Waals surface area contributed by atoms with Crippen molar-refractivity contribution < 1.29 is 13.2 Å². The van der Waals surface area contributed by atoms with Gasteiger partial charge in [0.1, 0.15) is 5.56 Å². The molecule has 196 valence electrons. The first-order valence-corrected chi connectivity index (χ1v) is 14.4. The number of nitrogens with one attached hydrogen (secondary N) is 1. The Balaban J connectivity index is 1.64. The van der Waals surface area contributed by atoms with Crippen LogP contribution in [0.5, 0.6) is 0 Å². The van der Waals surface area contributed by atoms with Crippen molar-refractivity contribution in [2.75, 3.05) is 13.1 Å². The molecule has 4 rings (SSSR count). The monoisotopic (exact) mass is 521 g/mol. The second-order valence-corrected chi connectivity index (χ2v) is 11.6. The molecule has 0 spiro atoms. The van der Waals surface area contributed by atoms with Gasteiger partial charge in [-0.15, -0.1) is 6.58 Å². The smallest absolute Gasteiger partial charge is 0.256 e. The fraction of sp³-hybridized carbons (Fsp3) is 0.379. The molecule has 2 aromatic carbocycles. The summed E-state index contributed by atoms with van der Waals surface area (Å²) in [6.45, 7) is 7.03. The molecule has 0 aliphatic carbocycles. The summed E-state index contributed by atoms with van der Waals surface area (Å²) < 4.78 is 30.0. The highest BCUT2D eigenvalue weighted by Gasteiger charge is 2.26. The third-order valence-corrected chi connectivity index (χ3v) is 8.81. The van der Waals surface area contributed by atoms with E-state index >= 15 is 0 Å². The van der Waals surface area contributed by atoms with E-state index in [0.717, 1.165) is 38.5 Å². The van der Waals surface area contributed by atoms with E-state index in [1.54, 1.807) is 22.8 Å². The molecule has 0 bridgehead atoms. The first-order valence-electron chi connectivity index (χ1n) is 12.9. The van der Waals surface area contributed by atoms with Crippen molar-refractivity contribution in [3.05, 3.63) is 88.7 Å². The summed E-state index contributed by atoms with van der Waals surface area (Å²) in [5, 5.41) is 3.15. The molecular weight excluding hydrogens is 486 g/mol. The highest BCUT2D eigenvalue weighted by molar-refractivity contribution is 7.89. The van der Waals surface area contributed by atoms with E-state index in [1.165, 1.54) is 22.1 Å². The minimum absolute atomic E-state index is 0.00904. The summed E-state index contributed by atoms with van der Waals surface area (Å²) in [6.07, 6.45) is 8.42. The topological polar surface area (TPSA) is 88.5 Å². The zero-order chi connectivity index (χ0) is 26.4. The number of aromatic nitrogens is 1. The maximum absolute atomic E-state index is 13.5. The number of sulfonamides is 1. The molecule has 1 amide bonds. The molecule has 0 unspecified atom stereocenters. The number of hydrogen-bond acceptors (Lipinski definition) is 4. The standard InChI is InChI=1S/C29H35N3O4S/c1-3-17-31-21-26(29(34)30-22(2)13-14-23-11-7-6-8-12-23)28(33)25-20-24(15-16-27(25)31)37(35,36)32-18-9-4-5-10-19-32/h3,6-8,11-12,15-16,20-22H,1,4-5,9-10,13-14,17-19H2,2H3,(H,30,34)/t22-/m1/s1. The Morgan fingerprint density at radius 1 is 1.08 bits per heavy atom. The maximum Gasteiger partial charge on any atom is 0.256 e. The van der Waals surface area contributed by atoms with Gasteiger partial charge in [-0.3, -0.25) is 9.59 Å². The van der Waals surface area contributed by atoms with Crippen molar-refractivity contribution in [2.24, 2.45) is 0 Å². The van der Waals surface area contributed by atoms with Crippen LogP contribution in [-0.4, -0.2) is 42.3 Å². The van der Waals surface area contributed by atoms with Crippen LogP contribution >= 0.6 is 0 Å². The van der Waals surface area contributed by atoms with E-state index in [2.05, 4.69) is 11.9 Å². The average molecular weight is 522 g/mol. The lowest BCUT2D eigenvalue weighted by molar-refractivity contribution is 0.0937. The van der Waals surface area contributed by atoms with Gasteiger partial charge < -0.3 is 9.88 Å². The number of aryl methyl sites for hydroxylation is 1. The molecule has 1 saturated heterocycles. The van der Waals surface area contributed by atoms with Crippen LogP contribution in [0, 0.1) is 0 Å². The van der Waals surface area contributed by atoms with Crippen molar-refractivity contribution in [2.45, 2.75) is 62.9 Å². The van der Waals surface area contributed by atoms with E-state index in [-0.39, 0.29) is 21.9 Å². The summed E-state index contributed by atoms with van der Waals surface area (Å²) in [5.41, 5.74) is 1.26. The van der Waals surface area contributed by atoms with Crippen molar-refractivity contribution in [3.63, 3.8) is 0 Å². The van der Waals surface area contributed by atoms with Crippen LogP contribution in [0.4, 0.5) is 0 Å². The van der Waals surface area contributed by atoms with E-state index in [4.69, 9.17) is 0 Å². The number of carbonyl (C=O) groups excluding carboxylic acids is 1. The molecule has 1 atom stereocenters. The van der Waals surface area contributed by atoms with Gasteiger partial charge in [-0.2, -0.15) is 4.31 Å². The Kier molecular flexibility index (Phi) is 8.61. The van der Waals surface area contributed by atoms with Crippen LogP contribution in [-0.2, 0) is 23.0 Å². The largest absolute Gasteiger partial charge is 0.349 e. The fourth-order valence-electron chi connectivity index (χ4n) is 4.82. The number of pyridine rings is 1.